The maximum absolute atomic E-state index is 9.11. The molecule has 3 aromatic rings. The highest BCUT2D eigenvalue weighted by Gasteiger charge is 2.08. The lowest BCUT2D eigenvalue weighted by molar-refractivity contribution is 0.317. The number of nitrogens with zero attached hydrogens (tertiary/aromatic N) is 3. The van der Waals surface area contributed by atoms with Gasteiger partial charge in [0.2, 0.25) is 0 Å². The van der Waals surface area contributed by atoms with Crippen molar-refractivity contribution in [2.45, 2.75) is 20.3 Å². The van der Waals surface area contributed by atoms with Crippen molar-refractivity contribution in [3.8, 4) is 23.1 Å². The lowest BCUT2D eigenvalue weighted by atomic mass is 10.1. The molecular formula is C18H17N3O. The summed E-state index contributed by atoms with van der Waals surface area (Å²) in [6, 6.07) is 13.8. The van der Waals surface area contributed by atoms with Gasteiger partial charge < -0.3 is 9.14 Å². The molecule has 1 aromatic carbocycles. The second-order valence-electron chi connectivity index (χ2n) is 5.17. The molecular weight excluding hydrogens is 274 g/mol. The molecule has 3 rings (SSSR count). The molecule has 4 heteroatoms. The van der Waals surface area contributed by atoms with Gasteiger partial charge in [-0.2, -0.15) is 5.26 Å². The zero-order valence-corrected chi connectivity index (χ0v) is 12.7. The molecule has 0 amide bonds. The summed E-state index contributed by atoms with van der Waals surface area (Å²) in [7, 11) is 0. The highest BCUT2D eigenvalue weighted by atomic mass is 16.5. The van der Waals surface area contributed by atoms with Crippen LogP contribution in [0.3, 0.4) is 0 Å². The van der Waals surface area contributed by atoms with Gasteiger partial charge in [-0.1, -0.05) is 6.92 Å². The first-order valence-electron chi connectivity index (χ1n) is 7.35. The van der Waals surface area contributed by atoms with Gasteiger partial charge in [0.1, 0.15) is 17.5 Å². The topological polar surface area (TPSA) is 50.3 Å². The van der Waals surface area contributed by atoms with E-state index in [1.54, 1.807) is 0 Å². The summed E-state index contributed by atoms with van der Waals surface area (Å²) in [5.41, 5.74) is 4.34. The number of fused-ring (bicyclic) bond motifs is 1. The monoisotopic (exact) mass is 291 g/mol. The van der Waals surface area contributed by atoms with Crippen LogP contribution in [-0.4, -0.2) is 16.0 Å². The van der Waals surface area contributed by atoms with Gasteiger partial charge in [-0.3, -0.25) is 0 Å². The minimum Gasteiger partial charge on any atom is -0.494 e. The van der Waals surface area contributed by atoms with Crippen molar-refractivity contribution in [1.29, 1.82) is 5.26 Å². The molecule has 0 saturated carbocycles. The maximum Gasteiger partial charge on any atom is 0.137 e. The van der Waals surface area contributed by atoms with Crippen molar-refractivity contribution in [1.82, 2.24) is 9.38 Å². The molecule has 0 fully saturated rings. The fourth-order valence-corrected chi connectivity index (χ4v) is 2.39. The number of hydrogen-bond donors (Lipinski definition) is 0. The van der Waals surface area contributed by atoms with Crippen LogP contribution in [0, 0.1) is 18.3 Å². The molecule has 0 aliphatic heterocycles. The molecule has 2 heterocycles. The predicted octanol–water partition coefficient (Wildman–Crippen LogP) is 3.97. The second kappa shape index (κ2) is 5.90. The predicted molar refractivity (Wildman–Crippen MR) is 85.9 cm³/mol. The first-order chi connectivity index (χ1) is 10.7. The molecule has 2 aromatic heterocycles. The Morgan fingerprint density at radius 3 is 2.64 bits per heavy atom. The van der Waals surface area contributed by atoms with Crippen LogP contribution in [0.5, 0.6) is 5.75 Å². The smallest absolute Gasteiger partial charge is 0.137 e. The molecule has 0 spiro atoms. The van der Waals surface area contributed by atoms with Gasteiger partial charge in [0.15, 0.2) is 0 Å². The van der Waals surface area contributed by atoms with Gasteiger partial charge in [0.05, 0.1) is 17.9 Å². The van der Waals surface area contributed by atoms with Gasteiger partial charge in [-0.05, 0) is 49.7 Å². The quantitative estimate of drug-likeness (QED) is 0.730. The van der Waals surface area contributed by atoms with E-state index >= 15 is 0 Å². The summed E-state index contributed by atoms with van der Waals surface area (Å²) < 4.78 is 7.55. The summed E-state index contributed by atoms with van der Waals surface area (Å²) in [5, 5.41) is 9.11. The number of imidazole rings is 1. The molecule has 0 N–H and O–H groups in total. The van der Waals surface area contributed by atoms with Gasteiger partial charge in [0, 0.05) is 17.5 Å². The molecule has 110 valence electrons. The number of rotatable bonds is 4. The summed E-state index contributed by atoms with van der Waals surface area (Å²) in [6.07, 6.45) is 2.96. The van der Waals surface area contributed by atoms with Crippen LogP contribution in [0.4, 0.5) is 0 Å². The Hall–Kier alpha value is -2.80. The Morgan fingerprint density at radius 2 is 1.95 bits per heavy atom. The van der Waals surface area contributed by atoms with Crippen molar-refractivity contribution >= 4 is 5.65 Å². The third-order valence-corrected chi connectivity index (χ3v) is 3.63. The van der Waals surface area contributed by atoms with Crippen LogP contribution in [0.2, 0.25) is 0 Å². The highest BCUT2D eigenvalue weighted by Crippen LogP contribution is 2.23. The zero-order valence-electron chi connectivity index (χ0n) is 12.7. The van der Waals surface area contributed by atoms with E-state index in [-0.39, 0.29) is 0 Å². The molecule has 22 heavy (non-hydrogen) atoms. The van der Waals surface area contributed by atoms with E-state index in [1.165, 1.54) is 0 Å². The highest BCUT2D eigenvalue weighted by molar-refractivity contribution is 5.64. The van der Waals surface area contributed by atoms with E-state index in [1.807, 2.05) is 53.9 Å². The Morgan fingerprint density at radius 1 is 1.18 bits per heavy atom. The van der Waals surface area contributed by atoms with Gasteiger partial charge >= 0.3 is 0 Å². The first-order valence-corrected chi connectivity index (χ1v) is 7.35. The fourth-order valence-electron chi connectivity index (χ4n) is 2.39. The average molecular weight is 291 g/mol. The number of hydrogen-bond acceptors (Lipinski definition) is 3. The van der Waals surface area contributed by atoms with Crippen LogP contribution in [-0.2, 0) is 0 Å². The average Bonchev–Trinajstić information content (AvgIpc) is 2.99. The number of ether oxygens (including phenoxy) is 1. The molecule has 0 saturated heterocycles. The second-order valence-corrected chi connectivity index (χ2v) is 5.17. The molecule has 4 nitrogen and oxygen atoms in total. The summed E-state index contributed by atoms with van der Waals surface area (Å²) in [6.45, 7) is 4.74. The number of benzene rings is 1. The Balaban J connectivity index is 1.97. The van der Waals surface area contributed by atoms with Gasteiger partial charge in [-0.25, -0.2) is 4.98 Å². The van der Waals surface area contributed by atoms with Gasteiger partial charge in [-0.15, -0.1) is 0 Å². The van der Waals surface area contributed by atoms with Crippen LogP contribution in [0.1, 0.15) is 24.6 Å². The molecule has 0 aliphatic carbocycles. The molecule has 0 atom stereocenters. The molecule has 0 radical (unpaired) electrons. The number of aryl methyl sites for hydroxylation is 1. The van der Waals surface area contributed by atoms with E-state index in [9.17, 15) is 0 Å². The van der Waals surface area contributed by atoms with Crippen LogP contribution >= 0.6 is 0 Å². The van der Waals surface area contributed by atoms with E-state index in [0.717, 1.165) is 41.4 Å². The van der Waals surface area contributed by atoms with Crippen molar-refractivity contribution in [3.05, 3.63) is 53.9 Å². The first kappa shape index (κ1) is 14.2. The summed E-state index contributed by atoms with van der Waals surface area (Å²) in [4.78, 5) is 4.62. The Bertz CT molecular complexity index is 841. The number of pyridine rings is 1. The van der Waals surface area contributed by atoms with Crippen molar-refractivity contribution in [3.63, 3.8) is 0 Å². The molecule has 0 bridgehead atoms. The Labute approximate surface area is 129 Å². The SMILES string of the molecule is CCCOc1ccc(-c2cn3c(C)c(C#N)ccc3n2)cc1. The summed E-state index contributed by atoms with van der Waals surface area (Å²) >= 11 is 0. The van der Waals surface area contributed by atoms with Crippen LogP contribution in [0.25, 0.3) is 16.9 Å². The van der Waals surface area contributed by atoms with Crippen molar-refractivity contribution in [2.75, 3.05) is 6.61 Å². The largest absolute Gasteiger partial charge is 0.494 e. The number of aromatic nitrogens is 2. The summed E-state index contributed by atoms with van der Waals surface area (Å²) in [5.74, 6) is 0.873. The standard InChI is InChI=1S/C18H17N3O/c1-3-10-22-16-7-4-14(5-8-16)17-12-21-13(2)15(11-19)6-9-18(21)20-17/h4-9,12H,3,10H2,1-2H3. The molecule has 0 unspecified atom stereocenters. The lowest BCUT2D eigenvalue weighted by Gasteiger charge is -2.04. The third kappa shape index (κ3) is 2.53. The maximum atomic E-state index is 9.11. The minimum absolute atomic E-state index is 0.666. The zero-order chi connectivity index (χ0) is 15.5. The number of nitriles is 1. The van der Waals surface area contributed by atoms with E-state index in [0.29, 0.717) is 5.56 Å². The Kier molecular flexibility index (Phi) is 3.80. The van der Waals surface area contributed by atoms with Crippen molar-refractivity contribution < 1.29 is 4.74 Å². The minimum atomic E-state index is 0.666. The van der Waals surface area contributed by atoms with Crippen LogP contribution < -0.4 is 4.74 Å². The van der Waals surface area contributed by atoms with E-state index < -0.39 is 0 Å². The van der Waals surface area contributed by atoms with Crippen LogP contribution in [0.15, 0.2) is 42.6 Å². The van der Waals surface area contributed by atoms with E-state index in [2.05, 4.69) is 18.0 Å². The molecule has 0 aliphatic rings. The van der Waals surface area contributed by atoms with Gasteiger partial charge in [0.25, 0.3) is 0 Å². The normalized spacial score (nSPS) is 10.6. The van der Waals surface area contributed by atoms with E-state index in [4.69, 9.17) is 10.00 Å². The van der Waals surface area contributed by atoms with Crippen molar-refractivity contribution in [2.24, 2.45) is 0 Å². The lowest BCUT2D eigenvalue weighted by Crippen LogP contribution is -1.94. The fraction of sp³-hybridized carbons (Fsp3) is 0.222. The third-order valence-electron chi connectivity index (χ3n) is 3.63.